The van der Waals surface area contributed by atoms with E-state index in [1.54, 1.807) is 13.8 Å². The Labute approximate surface area is 66.3 Å². The number of nitrogens with two attached hydrogens (primary N) is 1. The number of hydrogen-bond donors (Lipinski definition) is 2. The molecular weight excluding hydrogens is 150 g/mol. The van der Waals surface area contributed by atoms with Gasteiger partial charge in [-0.15, -0.1) is 0 Å². The van der Waals surface area contributed by atoms with Crippen LogP contribution in [0, 0.1) is 0 Å². The van der Waals surface area contributed by atoms with Crippen molar-refractivity contribution in [2.24, 2.45) is 5.73 Å². The van der Waals surface area contributed by atoms with Gasteiger partial charge in [0.15, 0.2) is 0 Å². The highest BCUT2D eigenvalue weighted by Crippen LogP contribution is 2.06. The van der Waals surface area contributed by atoms with E-state index in [1.807, 2.05) is 0 Å². The van der Waals surface area contributed by atoms with E-state index in [9.17, 15) is 4.79 Å². The second-order valence-corrected chi connectivity index (χ2v) is 2.91. The van der Waals surface area contributed by atoms with E-state index in [1.165, 1.54) is 0 Å². The van der Waals surface area contributed by atoms with E-state index < -0.39 is 5.60 Å². The molecule has 3 nitrogen and oxygen atoms in total. The Morgan fingerprint density at radius 1 is 1.70 bits per heavy atom. The fraction of sp³-hybridized carbons (Fsp3) is 0.833. The Bertz CT molecular complexity index is 125. The lowest BCUT2D eigenvalue weighted by Crippen LogP contribution is -2.36. The Kier molecular flexibility index (Phi) is 3.75. The second kappa shape index (κ2) is 3.83. The lowest BCUT2D eigenvalue weighted by atomic mass is 10.1. The molecule has 0 fully saturated rings. The topological polar surface area (TPSA) is 52.3 Å². The van der Waals surface area contributed by atoms with Crippen LogP contribution in [0.5, 0.6) is 0 Å². The average Bonchev–Trinajstić information content (AvgIpc) is 1.87. The molecule has 0 atom stereocenters. The van der Waals surface area contributed by atoms with Crippen LogP contribution >= 0.6 is 12.6 Å². The maximum absolute atomic E-state index is 10.6. The zero-order valence-corrected chi connectivity index (χ0v) is 7.15. The van der Waals surface area contributed by atoms with Gasteiger partial charge in [-0.05, 0) is 13.8 Å². The van der Waals surface area contributed by atoms with Gasteiger partial charge in [0, 0.05) is 6.54 Å². The summed E-state index contributed by atoms with van der Waals surface area (Å²) >= 11 is 3.75. The van der Waals surface area contributed by atoms with Gasteiger partial charge in [-0.1, -0.05) is 0 Å². The van der Waals surface area contributed by atoms with Crippen LogP contribution in [-0.4, -0.2) is 23.9 Å². The molecule has 0 radical (unpaired) electrons. The monoisotopic (exact) mass is 163 g/mol. The van der Waals surface area contributed by atoms with E-state index >= 15 is 0 Å². The molecule has 0 saturated heterocycles. The van der Waals surface area contributed by atoms with Crippen LogP contribution in [0.2, 0.25) is 0 Å². The summed E-state index contributed by atoms with van der Waals surface area (Å²) in [6.45, 7) is 3.84. The third-order valence-corrected chi connectivity index (χ3v) is 1.27. The molecule has 0 amide bonds. The molecule has 0 spiro atoms. The van der Waals surface area contributed by atoms with Crippen LogP contribution < -0.4 is 5.73 Å². The van der Waals surface area contributed by atoms with E-state index in [-0.39, 0.29) is 11.7 Å². The number of thiol groups is 1. The summed E-state index contributed by atoms with van der Waals surface area (Å²) in [4.78, 5) is 10.6. The number of ether oxygens (including phenoxy) is 1. The first-order valence-corrected chi connectivity index (χ1v) is 3.68. The van der Waals surface area contributed by atoms with Gasteiger partial charge in [-0.25, -0.2) is 0 Å². The molecule has 2 N–H and O–H groups in total. The zero-order valence-electron chi connectivity index (χ0n) is 6.26. The van der Waals surface area contributed by atoms with Crippen molar-refractivity contribution >= 4 is 18.6 Å². The Morgan fingerprint density at radius 3 is 2.50 bits per heavy atom. The lowest BCUT2D eigenvalue weighted by Gasteiger charge is -2.22. The van der Waals surface area contributed by atoms with Gasteiger partial charge < -0.3 is 10.5 Å². The number of rotatable bonds is 3. The van der Waals surface area contributed by atoms with Gasteiger partial charge in [0.25, 0.3) is 0 Å². The first kappa shape index (κ1) is 9.78. The van der Waals surface area contributed by atoms with Crippen LogP contribution in [0.4, 0.5) is 0 Å². The molecule has 10 heavy (non-hydrogen) atoms. The molecule has 0 saturated carbocycles. The maximum Gasteiger partial charge on any atom is 0.316 e. The molecule has 0 aromatic carbocycles. The maximum atomic E-state index is 10.6. The minimum absolute atomic E-state index is 0.101. The van der Waals surface area contributed by atoms with Crippen molar-refractivity contribution in [1.82, 2.24) is 0 Å². The SMILES string of the molecule is CC(C)(CN)OC(=O)CS. The highest BCUT2D eigenvalue weighted by Gasteiger charge is 2.19. The Hall–Kier alpha value is -0.220. The predicted octanol–water partition coefficient (Wildman–Crippen LogP) is 0.197. The number of carbonyl (C=O) groups excluding carboxylic acids is 1. The van der Waals surface area contributed by atoms with Gasteiger partial charge in [0.1, 0.15) is 5.60 Å². The van der Waals surface area contributed by atoms with E-state index in [2.05, 4.69) is 12.6 Å². The molecule has 0 unspecified atom stereocenters. The van der Waals surface area contributed by atoms with Crippen molar-refractivity contribution in [2.75, 3.05) is 12.3 Å². The molecule has 4 heteroatoms. The quantitative estimate of drug-likeness (QED) is 0.461. The van der Waals surface area contributed by atoms with Crippen molar-refractivity contribution in [3.8, 4) is 0 Å². The standard InChI is InChI=1S/C6H13NO2S/c1-6(2,4-7)9-5(8)3-10/h10H,3-4,7H2,1-2H3. The summed E-state index contributed by atoms with van der Waals surface area (Å²) < 4.78 is 4.90. The smallest absolute Gasteiger partial charge is 0.316 e. The van der Waals surface area contributed by atoms with Crippen LogP contribution in [0.1, 0.15) is 13.8 Å². The lowest BCUT2D eigenvalue weighted by molar-refractivity contribution is -0.152. The Morgan fingerprint density at radius 2 is 2.20 bits per heavy atom. The van der Waals surface area contributed by atoms with Crippen molar-refractivity contribution in [3.05, 3.63) is 0 Å². The van der Waals surface area contributed by atoms with Gasteiger partial charge in [-0.2, -0.15) is 12.6 Å². The molecule has 0 aromatic heterocycles. The molecule has 0 aromatic rings. The molecule has 0 aliphatic rings. The molecular formula is C6H13NO2S. The van der Waals surface area contributed by atoms with Crippen molar-refractivity contribution in [2.45, 2.75) is 19.4 Å². The summed E-state index contributed by atoms with van der Waals surface area (Å²) in [6, 6.07) is 0. The molecule has 0 heterocycles. The number of hydrogen-bond acceptors (Lipinski definition) is 4. The normalized spacial score (nSPS) is 11.2. The largest absolute Gasteiger partial charge is 0.458 e. The molecule has 60 valence electrons. The van der Waals surface area contributed by atoms with Crippen LogP contribution in [0.25, 0.3) is 0 Å². The van der Waals surface area contributed by atoms with Gasteiger partial charge in [0.2, 0.25) is 0 Å². The van der Waals surface area contributed by atoms with Crippen LogP contribution in [-0.2, 0) is 9.53 Å². The third kappa shape index (κ3) is 3.74. The predicted molar refractivity (Wildman–Crippen MR) is 43.1 cm³/mol. The van der Waals surface area contributed by atoms with Crippen molar-refractivity contribution in [3.63, 3.8) is 0 Å². The minimum atomic E-state index is -0.556. The molecule has 0 rings (SSSR count). The second-order valence-electron chi connectivity index (χ2n) is 2.60. The van der Waals surface area contributed by atoms with Gasteiger partial charge >= 0.3 is 5.97 Å². The highest BCUT2D eigenvalue weighted by atomic mass is 32.1. The Balaban J connectivity index is 3.76. The number of carbonyl (C=O) groups is 1. The average molecular weight is 163 g/mol. The number of esters is 1. The van der Waals surface area contributed by atoms with E-state index in [0.29, 0.717) is 6.54 Å². The molecule has 0 aliphatic carbocycles. The highest BCUT2D eigenvalue weighted by molar-refractivity contribution is 7.81. The summed E-state index contributed by atoms with van der Waals surface area (Å²) in [6.07, 6.45) is 0. The minimum Gasteiger partial charge on any atom is -0.458 e. The summed E-state index contributed by atoms with van der Waals surface area (Å²) in [5, 5.41) is 0. The van der Waals surface area contributed by atoms with Crippen LogP contribution in [0.3, 0.4) is 0 Å². The summed E-state index contributed by atoms with van der Waals surface area (Å²) in [5.74, 6) is -0.234. The zero-order chi connectivity index (χ0) is 8.20. The summed E-state index contributed by atoms with van der Waals surface area (Å²) in [5.41, 5.74) is 4.75. The fourth-order valence-corrected chi connectivity index (χ4v) is 0.447. The van der Waals surface area contributed by atoms with Crippen LogP contribution in [0.15, 0.2) is 0 Å². The van der Waals surface area contributed by atoms with E-state index in [0.717, 1.165) is 0 Å². The van der Waals surface area contributed by atoms with E-state index in [4.69, 9.17) is 10.5 Å². The van der Waals surface area contributed by atoms with Gasteiger partial charge in [-0.3, -0.25) is 4.79 Å². The summed E-state index contributed by atoms with van der Waals surface area (Å²) in [7, 11) is 0. The van der Waals surface area contributed by atoms with Crippen molar-refractivity contribution < 1.29 is 9.53 Å². The molecule has 0 bridgehead atoms. The first-order valence-electron chi connectivity index (χ1n) is 3.04. The first-order chi connectivity index (χ1) is 4.52. The van der Waals surface area contributed by atoms with Crippen molar-refractivity contribution in [1.29, 1.82) is 0 Å². The molecule has 0 aliphatic heterocycles. The van der Waals surface area contributed by atoms with Gasteiger partial charge in [0.05, 0.1) is 5.75 Å². The third-order valence-electron chi connectivity index (χ3n) is 1.01. The fourth-order valence-electron chi connectivity index (χ4n) is 0.382.